The zero-order valence-corrected chi connectivity index (χ0v) is 11.6. The van der Waals surface area contributed by atoms with E-state index in [0.717, 1.165) is 6.54 Å². The van der Waals surface area contributed by atoms with Gasteiger partial charge < -0.3 is 9.88 Å². The molecule has 0 saturated heterocycles. The average molecular weight is 242 g/mol. The molecular weight excluding hydrogens is 220 g/mol. The highest BCUT2D eigenvalue weighted by Crippen LogP contribution is 2.37. The molecule has 3 rings (SSSR count). The highest BCUT2D eigenvalue weighted by atomic mass is 15.0. The van der Waals surface area contributed by atoms with Gasteiger partial charge in [-0.05, 0) is 50.9 Å². The first-order valence-electron chi connectivity index (χ1n) is 6.94. The summed E-state index contributed by atoms with van der Waals surface area (Å²) in [6.45, 7) is 3.28. The summed E-state index contributed by atoms with van der Waals surface area (Å²) in [6.07, 6.45) is 3.89. The number of likely N-dealkylation sites (N-methyl/N-ethyl adjacent to an activating group) is 1. The number of benzene rings is 1. The van der Waals surface area contributed by atoms with Crippen LogP contribution in [0.15, 0.2) is 18.2 Å². The Morgan fingerprint density at radius 3 is 3.00 bits per heavy atom. The molecule has 0 fully saturated rings. The molecule has 2 nitrogen and oxygen atoms in total. The van der Waals surface area contributed by atoms with Crippen LogP contribution in [0.1, 0.15) is 35.6 Å². The number of nitrogens with one attached hydrogen (secondary N) is 1. The van der Waals surface area contributed by atoms with E-state index in [1.54, 1.807) is 11.3 Å². The van der Waals surface area contributed by atoms with E-state index in [4.69, 9.17) is 0 Å². The van der Waals surface area contributed by atoms with Crippen molar-refractivity contribution in [1.29, 1.82) is 0 Å². The first kappa shape index (κ1) is 11.8. The molecule has 1 atom stereocenters. The SMILES string of the molecule is CNCC1CCCc2c1n(C)c1ccc(C)cc21. The first-order valence-corrected chi connectivity index (χ1v) is 6.94. The van der Waals surface area contributed by atoms with Crippen molar-refractivity contribution in [3.63, 3.8) is 0 Å². The number of rotatable bonds is 2. The van der Waals surface area contributed by atoms with Crippen LogP contribution in [0.4, 0.5) is 0 Å². The predicted octanol–water partition coefficient (Wildman–Crippen LogP) is 3.13. The van der Waals surface area contributed by atoms with Gasteiger partial charge in [0.15, 0.2) is 0 Å². The fourth-order valence-corrected chi connectivity index (χ4v) is 3.54. The summed E-state index contributed by atoms with van der Waals surface area (Å²) in [4.78, 5) is 0. The van der Waals surface area contributed by atoms with E-state index in [9.17, 15) is 0 Å². The number of aromatic nitrogens is 1. The third-order valence-corrected chi connectivity index (χ3v) is 4.33. The molecule has 1 aromatic carbocycles. The lowest BCUT2D eigenvalue weighted by Crippen LogP contribution is -2.22. The van der Waals surface area contributed by atoms with Gasteiger partial charge in [0.2, 0.25) is 0 Å². The van der Waals surface area contributed by atoms with Crippen molar-refractivity contribution in [2.75, 3.05) is 13.6 Å². The van der Waals surface area contributed by atoms with Crippen LogP contribution in [0.25, 0.3) is 10.9 Å². The summed E-state index contributed by atoms with van der Waals surface area (Å²) >= 11 is 0. The van der Waals surface area contributed by atoms with Gasteiger partial charge in [0.1, 0.15) is 0 Å². The zero-order valence-electron chi connectivity index (χ0n) is 11.6. The highest BCUT2D eigenvalue weighted by molar-refractivity contribution is 5.86. The van der Waals surface area contributed by atoms with Crippen LogP contribution in [-0.2, 0) is 13.5 Å². The maximum Gasteiger partial charge on any atom is 0.0483 e. The van der Waals surface area contributed by atoms with E-state index in [-0.39, 0.29) is 0 Å². The standard InChI is InChI=1S/C16H22N2/c1-11-7-8-15-14(9-11)13-6-4-5-12(10-17-2)16(13)18(15)3/h7-9,12,17H,4-6,10H2,1-3H3. The van der Waals surface area contributed by atoms with Crippen LogP contribution < -0.4 is 5.32 Å². The van der Waals surface area contributed by atoms with Crippen LogP contribution in [0.5, 0.6) is 0 Å². The van der Waals surface area contributed by atoms with Gasteiger partial charge in [-0.25, -0.2) is 0 Å². The van der Waals surface area contributed by atoms with Gasteiger partial charge in [0.05, 0.1) is 0 Å². The van der Waals surface area contributed by atoms with Crippen LogP contribution in [-0.4, -0.2) is 18.2 Å². The minimum Gasteiger partial charge on any atom is -0.347 e. The van der Waals surface area contributed by atoms with E-state index in [1.165, 1.54) is 35.7 Å². The fourth-order valence-electron chi connectivity index (χ4n) is 3.54. The summed E-state index contributed by atoms with van der Waals surface area (Å²) in [5, 5.41) is 4.83. The Labute approximate surface area is 109 Å². The summed E-state index contributed by atoms with van der Waals surface area (Å²) in [5.41, 5.74) is 5.93. The lowest BCUT2D eigenvalue weighted by atomic mass is 9.86. The van der Waals surface area contributed by atoms with Gasteiger partial charge in [0, 0.05) is 36.1 Å². The molecule has 0 aliphatic heterocycles. The lowest BCUT2D eigenvalue weighted by molar-refractivity contribution is 0.506. The third kappa shape index (κ3) is 1.67. The van der Waals surface area contributed by atoms with Crippen molar-refractivity contribution < 1.29 is 0 Å². The molecule has 1 N–H and O–H groups in total. The minimum atomic E-state index is 0.677. The molecule has 1 heterocycles. The molecular formula is C16H22N2. The Hall–Kier alpha value is -1.28. The largest absolute Gasteiger partial charge is 0.347 e. The molecule has 1 aromatic heterocycles. The van der Waals surface area contributed by atoms with Gasteiger partial charge >= 0.3 is 0 Å². The van der Waals surface area contributed by atoms with Gasteiger partial charge in [-0.2, -0.15) is 0 Å². The molecule has 2 aromatic rings. The molecule has 1 aliphatic carbocycles. The monoisotopic (exact) mass is 242 g/mol. The predicted molar refractivity (Wildman–Crippen MR) is 77.3 cm³/mol. The smallest absolute Gasteiger partial charge is 0.0483 e. The van der Waals surface area contributed by atoms with Crippen LogP contribution in [0, 0.1) is 6.92 Å². The molecule has 0 radical (unpaired) electrons. The molecule has 96 valence electrons. The van der Waals surface area contributed by atoms with E-state index in [0.29, 0.717) is 5.92 Å². The second-order valence-electron chi connectivity index (χ2n) is 5.59. The summed E-state index contributed by atoms with van der Waals surface area (Å²) < 4.78 is 2.42. The van der Waals surface area contributed by atoms with E-state index < -0.39 is 0 Å². The zero-order chi connectivity index (χ0) is 12.7. The molecule has 1 unspecified atom stereocenters. The molecule has 0 spiro atoms. The average Bonchev–Trinajstić information content (AvgIpc) is 2.64. The van der Waals surface area contributed by atoms with Gasteiger partial charge in [0.25, 0.3) is 0 Å². The number of aryl methyl sites for hydroxylation is 3. The maximum atomic E-state index is 3.35. The van der Waals surface area contributed by atoms with Crippen LogP contribution in [0.3, 0.4) is 0 Å². The van der Waals surface area contributed by atoms with Crippen molar-refractivity contribution in [3.05, 3.63) is 35.0 Å². The van der Waals surface area contributed by atoms with Crippen molar-refractivity contribution >= 4 is 10.9 Å². The Morgan fingerprint density at radius 1 is 1.39 bits per heavy atom. The molecule has 0 amide bonds. The Morgan fingerprint density at radius 2 is 2.22 bits per heavy atom. The van der Waals surface area contributed by atoms with E-state index in [1.807, 2.05) is 0 Å². The Balaban J connectivity index is 2.24. The quantitative estimate of drug-likeness (QED) is 0.856. The second-order valence-corrected chi connectivity index (χ2v) is 5.59. The van der Waals surface area contributed by atoms with Crippen LogP contribution >= 0.6 is 0 Å². The number of nitrogens with zero attached hydrogens (tertiary/aromatic N) is 1. The van der Waals surface area contributed by atoms with Crippen LogP contribution in [0.2, 0.25) is 0 Å². The topological polar surface area (TPSA) is 17.0 Å². The van der Waals surface area contributed by atoms with Gasteiger partial charge in [-0.1, -0.05) is 11.6 Å². The number of hydrogen-bond donors (Lipinski definition) is 1. The number of fused-ring (bicyclic) bond motifs is 3. The second kappa shape index (κ2) is 4.43. The Bertz CT molecular complexity index is 580. The normalized spacial score (nSPS) is 19.2. The Kier molecular flexibility index (Phi) is 2.90. The van der Waals surface area contributed by atoms with Gasteiger partial charge in [-0.3, -0.25) is 0 Å². The minimum absolute atomic E-state index is 0.677. The molecule has 0 saturated carbocycles. The lowest BCUT2D eigenvalue weighted by Gasteiger charge is -2.24. The number of hydrogen-bond acceptors (Lipinski definition) is 1. The summed E-state index contributed by atoms with van der Waals surface area (Å²) in [7, 11) is 4.28. The summed E-state index contributed by atoms with van der Waals surface area (Å²) in [6, 6.07) is 6.86. The first-order chi connectivity index (χ1) is 8.72. The highest BCUT2D eigenvalue weighted by Gasteiger charge is 2.25. The van der Waals surface area contributed by atoms with E-state index >= 15 is 0 Å². The van der Waals surface area contributed by atoms with Crippen molar-refractivity contribution in [2.24, 2.45) is 7.05 Å². The molecule has 0 bridgehead atoms. The fraction of sp³-hybridized carbons (Fsp3) is 0.500. The van der Waals surface area contributed by atoms with Crippen molar-refractivity contribution in [1.82, 2.24) is 9.88 Å². The molecule has 2 heteroatoms. The van der Waals surface area contributed by atoms with Gasteiger partial charge in [-0.15, -0.1) is 0 Å². The summed E-state index contributed by atoms with van der Waals surface area (Å²) in [5.74, 6) is 0.677. The molecule has 18 heavy (non-hydrogen) atoms. The van der Waals surface area contributed by atoms with E-state index in [2.05, 4.69) is 49.1 Å². The third-order valence-electron chi connectivity index (χ3n) is 4.33. The maximum absolute atomic E-state index is 3.35. The van der Waals surface area contributed by atoms with Crippen molar-refractivity contribution in [2.45, 2.75) is 32.1 Å². The molecule has 1 aliphatic rings. The van der Waals surface area contributed by atoms with Crippen molar-refractivity contribution in [3.8, 4) is 0 Å².